The lowest BCUT2D eigenvalue weighted by Crippen LogP contribution is -2.56. The molecule has 0 aliphatic heterocycles. The van der Waals surface area contributed by atoms with Crippen LogP contribution in [0.15, 0.2) is 30.5 Å². The Hall–Kier alpha value is -2.70. The van der Waals surface area contributed by atoms with Crippen molar-refractivity contribution in [2.45, 2.75) is 43.9 Å². The number of nitrogens with two attached hydrogens (primary N) is 1. The van der Waals surface area contributed by atoms with E-state index in [1.54, 1.807) is 6.20 Å². The maximum atomic E-state index is 12.7. The Bertz CT molecular complexity index is 1010. The first-order valence-electron chi connectivity index (χ1n) is 10.7. The number of rotatable bonds is 13. The maximum absolute atomic E-state index is 12.7. The predicted molar refractivity (Wildman–Crippen MR) is 136 cm³/mol. The van der Waals surface area contributed by atoms with Crippen LogP contribution >= 0.6 is 24.4 Å². The molecule has 4 atom stereocenters. The molecule has 0 spiro atoms. The van der Waals surface area contributed by atoms with Crippen LogP contribution in [0.25, 0.3) is 10.9 Å². The summed E-state index contributed by atoms with van der Waals surface area (Å²) in [5, 5.41) is 18.1. The summed E-state index contributed by atoms with van der Waals surface area (Å²) >= 11 is 5.49. The third-order valence-electron chi connectivity index (χ3n) is 5.24. The van der Waals surface area contributed by atoms with Gasteiger partial charge in [-0.15, -0.1) is 0 Å². The highest BCUT2D eigenvalue weighted by Crippen LogP contribution is 2.19. The zero-order valence-electron chi connectivity index (χ0n) is 19.0. The van der Waals surface area contributed by atoms with Gasteiger partial charge in [0.05, 0.1) is 6.04 Å². The molecule has 7 N–H and O–H groups in total. The molecule has 1 heterocycles. The molecule has 2 rings (SSSR count). The number of hydrogen-bond donors (Lipinski definition) is 7. The number of H-pyrrole nitrogens is 1. The van der Waals surface area contributed by atoms with Gasteiger partial charge < -0.3 is 31.8 Å². The first-order chi connectivity index (χ1) is 16.2. The van der Waals surface area contributed by atoms with Crippen molar-refractivity contribution >= 4 is 59.0 Å². The van der Waals surface area contributed by atoms with Crippen LogP contribution in [0.3, 0.4) is 0 Å². The summed E-state index contributed by atoms with van der Waals surface area (Å²) in [7, 11) is 0. The SMILES string of the molecule is CSCCC(NC(=O)C(N)CS)C(=O)NC(C)C(=O)NC(Cc1c[nH]c2ccccc12)C(=O)O. The second-order valence-corrected chi connectivity index (χ2v) is 9.18. The molecule has 10 nitrogen and oxygen atoms in total. The molecular formula is C22H31N5O5S2. The lowest BCUT2D eigenvalue weighted by Gasteiger charge is -2.23. The van der Waals surface area contributed by atoms with E-state index in [0.29, 0.717) is 12.2 Å². The average Bonchev–Trinajstić information content (AvgIpc) is 3.23. The van der Waals surface area contributed by atoms with E-state index >= 15 is 0 Å². The fourth-order valence-electron chi connectivity index (χ4n) is 3.26. The standard InChI is InChI=1S/C22H31N5O5S2/c1-12(25-21(30)17(7-8-34-2)26-20(29)15(23)11-33)19(28)27-18(22(31)32)9-13-10-24-16-6-4-3-5-14(13)16/h3-6,10,12,15,17-18,24,33H,7-9,11,23H2,1-2H3,(H,25,30)(H,26,29)(H,27,28)(H,31,32). The Morgan fingerprint density at radius 3 is 2.41 bits per heavy atom. The molecule has 3 amide bonds. The highest BCUT2D eigenvalue weighted by molar-refractivity contribution is 7.98. The summed E-state index contributed by atoms with van der Waals surface area (Å²) in [6, 6.07) is 3.49. The molecule has 186 valence electrons. The second-order valence-electron chi connectivity index (χ2n) is 7.83. The number of nitrogens with one attached hydrogen (secondary N) is 4. The Morgan fingerprint density at radius 1 is 1.09 bits per heavy atom. The first-order valence-corrected chi connectivity index (χ1v) is 12.7. The minimum atomic E-state index is -1.19. The molecular weight excluding hydrogens is 478 g/mol. The van der Waals surface area contributed by atoms with Gasteiger partial charge >= 0.3 is 5.97 Å². The molecule has 1 aromatic heterocycles. The topological polar surface area (TPSA) is 166 Å². The molecule has 0 bridgehead atoms. The number of aliphatic carboxylic acids is 1. The van der Waals surface area contributed by atoms with Crippen molar-refractivity contribution in [2.24, 2.45) is 5.73 Å². The number of para-hydroxylation sites is 1. The third-order valence-corrected chi connectivity index (χ3v) is 6.28. The van der Waals surface area contributed by atoms with E-state index in [1.165, 1.54) is 18.7 Å². The van der Waals surface area contributed by atoms with Crippen LogP contribution in [0.5, 0.6) is 0 Å². The van der Waals surface area contributed by atoms with Crippen molar-refractivity contribution < 1.29 is 24.3 Å². The number of carboxylic acid groups (broad SMARTS) is 1. The molecule has 0 aliphatic carbocycles. The van der Waals surface area contributed by atoms with Crippen LogP contribution in [-0.4, -0.2) is 75.7 Å². The average molecular weight is 510 g/mol. The minimum Gasteiger partial charge on any atom is -0.480 e. The maximum Gasteiger partial charge on any atom is 0.326 e. The zero-order valence-corrected chi connectivity index (χ0v) is 20.7. The fourth-order valence-corrected chi connectivity index (χ4v) is 3.90. The number of thiol groups is 1. The number of thioether (sulfide) groups is 1. The molecule has 1 aromatic carbocycles. The fraction of sp³-hybridized carbons (Fsp3) is 0.455. The van der Waals surface area contributed by atoms with E-state index in [2.05, 4.69) is 33.6 Å². The molecule has 4 unspecified atom stereocenters. The molecule has 0 radical (unpaired) electrons. The molecule has 34 heavy (non-hydrogen) atoms. The highest BCUT2D eigenvalue weighted by atomic mass is 32.2. The van der Waals surface area contributed by atoms with Crippen LogP contribution in [0.4, 0.5) is 0 Å². The number of aromatic amines is 1. The van der Waals surface area contributed by atoms with Gasteiger partial charge in [0.15, 0.2) is 0 Å². The number of carboxylic acids is 1. The lowest BCUT2D eigenvalue weighted by atomic mass is 10.0. The van der Waals surface area contributed by atoms with Crippen molar-refractivity contribution in [2.75, 3.05) is 17.8 Å². The van der Waals surface area contributed by atoms with Crippen LogP contribution in [0.2, 0.25) is 0 Å². The van der Waals surface area contributed by atoms with Gasteiger partial charge in [-0.3, -0.25) is 14.4 Å². The second kappa shape index (κ2) is 13.3. The lowest BCUT2D eigenvalue weighted by molar-refractivity contribution is -0.142. The molecule has 0 aliphatic rings. The van der Waals surface area contributed by atoms with Crippen molar-refractivity contribution in [1.29, 1.82) is 0 Å². The Morgan fingerprint density at radius 2 is 1.76 bits per heavy atom. The van der Waals surface area contributed by atoms with E-state index in [4.69, 9.17) is 5.73 Å². The van der Waals surface area contributed by atoms with Gasteiger partial charge in [-0.05, 0) is 37.0 Å². The Balaban J connectivity index is 2.02. The molecule has 12 heteroatoms. The van der Waals surface area contributed by atoms with Gasteiger partial charge in [-0.1, -0.05) is 18.2 Å². The van der Waals surface area contributed by atoms with Crippen LogP contribution in [-0.2, 0) is 25.6 Å². The number of hydrogen-bond acceptors (Lipinski definition) is 7. The van der Waals surface area contributed by atoms with Crippen LogP contribution < -0.4 is 21.7 Å². The molecule has 0 saturated heterocycles. The van der Waals surface area contributed by atoms with Crippen molar-refractivity contribution in [3.63, 3.8) is 0 Å². The first kappa shape index (κ1) is 27.5. The van der Waals surface area contributed by atoms with E-state index < -0.39 is 47.9 Å². The normalized spacial score (nSPS) is 14.6. The summed E-state index contributed by atoms with van der Waals surface area (Å²) < 4.78 is 0. The number of carbonyl (C=O) groups is 4. The number of carbonyl (C=O) groups excluding carboxylic acids is 3. The van der Waals surface area contributed by atoms with E-state index in [9.17, 15) is 24.3 Å². The van der Waals surface area contributed by atoms with Crippen LogP contribution in [0.1, 0.15) is 18.9 Å². The summed E-state index contributed by atoms with van der Waals surface area (Å²) in [6.07, 6.45) is 3.99. The van der Waals surface area contributed by atoms with Crippen molar-refractivity contribution in [3.8, 4) is 0 Å². The van der Waals surface area contributed by atoms with Gasteiger partial charge in [0, 0.05) is 29.3 Å². The summed E-state index contributed by atoms with van der Waals surface area (Å²) in [5.41, 5.74) is 7.28. The quantitative estimate of drug-likeness (QED) is 0.190. The zero-order chi connectivity index (χ0) is 25.3. The van der Waals surface area contributed by atoms with Gasteiger partial charge in [0.2, 0.25) is 17.7 Å². The minimum absolute atomic E-state index is 0.0692. The number of aromatic nitrogens is 1. The molecule has 0 fully saturated rings. The summed E-state index contributed by atoms with van der Waals surface area (Å²) in [4.78, 5) is 52.4. The Kier molecular flexibility index (Phi) is 10.7. The monoisotopic (exact) mass is 509 g/mol. The van der Waals surface area contributed by atoms with E-state index in [0.717, 1.165) is 16.5 Å². The van der Waals surface area contributed by atoms with Crippen LogP contribution in [0, 0.1) is 0 Å². The number of amides is 3. The van der Waals surface area contributed by atoms with Crippen molar-refractivity contribution in [3.05, 3.63) is 36.0 Å². The van der Waals surface area contributed by atoms with E-state index in [1.807, 2.05) is 30.5 Å². The number of benzene rings is 1. The van der Waals surface area contributed by atoms with Gasteiger partial charge in [-0.25, -0.2) is 4.79 Å². The molecule has 2 aromatic rings. The van der Waals surface area contributed by atoms with E-state index in [-0.39, 0.29) is 12.2 Å². The Labute approximate surface area is 207 Å². The number of fused-ring (bicyclic) bond motifs is 1. The third kappa shape index (κ3) is 7.67. The van der Waals surface area contributed by atoms with Gasteiger partial charge in [-0.2, -0.15) is 24.4 Å². The van der Waals surface area contributed by atoms with Gasteiger partial charge in [0.1, 0.15) is 18.1 Å². The highest BCUT2D eigenvalue weighted by Gasteiger charge is 2.28. The largest absolute Gasteiger partial charge is 0.480 e. The summed E-state index contributed by atoms with van der Waals surface area (Å²) in [6.45, 7) is 1.45. The predicted octanol–water partition coefficient (Wildman–Crippen LogP) is 0.280. The summed E-state index contributed by atoms with van der Waals surface area (Å²) in [5.74, 6) is -2.20. The smallest absolute Gasteiger partial charge is 0.326 e. The van der Waals surface area contributed by atoms with Crippen molar-refractivity contribution in [1.82, 2.24) is 20.9 Å². The van der Waals surface area contributed by atoms with Gasteiger partial charge in [0.25, 0.3) is 0 Å². The molecule has 0 saturated carbocycles.